The molecule has 2 saturated carbocycles. The number of ketones is 2. The maximum absolute atomic E-state index is 14.4. The SMILES string of the molecule is CC(O)CC(=CC(O)C(CN=C(N)N)C(C)C1CC(O)C2(C)C3=C(C(=O)CC12C)C1(C)CCC(=O)C(C)(C)C1CC3O)C(=O)O. The lowest BCUT2D eigenvalue weighted by Crippen LogP contribution is -2.60. The van der Waals surface area contributed by atoms with Gasteiger partial charge in [-0.25, -0.2) is 4.79 Å². The van der Waals surface area contributed by atoms with Crippen molar-refractivity contribution < 1.29 is 39.9 Å². The van der Waals surface area contributed by atoms with Crippen LogP contribution in [0.4, 0.5) is 0 Å². The third-order valence-electron chi connectivity index (χ3n) is 12.8. The van der Waals surface area contributed by atoms with Crippen LogP contribution >= 0.6 is 0 Å². The zero-order valence-corrected chi connectivity index (χ0v) is 27.7. The summed E-state index contributed by atoms with van der Waals surface area (Å²) in [5, 5.41) is 54.7. The number of hydrogen-bond donors (Lipinski definition) is 7. The lowest BCUT2D eigenvalue weighted by molar-refractivity contribution is -0.146. The Kier molecular flexibility index (Phi) is 9.31. The van der Waals surface area contributed by atoms with Gasteiger partial charge in [0.25, 0.3) is 0 Å². The molecule has 0 bridgehead atoms. The number of hydrogen-bond acceptors (Lipinski definition) is 8. The summed E-state index contributed by atoms with van der Waals surface area (Å²) in [6.07, 6.45) is -1.55. The number of nitrogens with two attached hydrogens (primary N) is 2. The third-order valence-corrected chi connectivity index (χ3v) is 12.8. The van der Waals surface area contributed by atoms with Gasteiger partial charge < -0.3 is 37.0 Å². The number of aliphatic hydroxyl groups excluding tert-OH is 4. The number of aliphatic imine (C=N–C) groups is 1. The second-order valence-corrected chi connectivity index (χ2v) is 15.6. The normalized spacial score (nSPS) is 38.9. The van der Waals surface area contributed by atoms with Gasteiger partial charge >= 0.3 is 5.97 Å². The Bertz CT molecular complexity index is 1330. The fourth-order valence-electron chi connectivity index (χ4n) is 10.1. The highest BCUT2D eigenvalue weighted by molar-refractivity contribution is 6.01. The molecule has 0 saturated heterocycles. The minimum Gasteiger partial charge on any atom is -0.478 e. The molecule has 0 spiro atoms. The topological polar surface area (TPSA) is 217 Å². The average molecular weight is 632 g/mol. The van der Waals surface area contributed by atoms with Crippen LogP contribution in [0.1, 0.15) is 87.0 Å². The number of aliphatic hydroxyl groups is 4. The van der Waals surface area contributed by atoms with Crippen molar-refractivity contribution in [1.29, 1.82) is 0 Å². The zero-order chi connectivity index (χ0) is 34.0. The predicted octanol–water partition coefficient (Wildman–Crippen LogP) is 2.09. The molecule has 11 unspecified atom stereocenters. The number of guanidine groups is 1. The summed E-state index contributed by atoms with van der Waals surface area (Å²) in [7, 11) is 0. The molecule has 45 heavy (non-hydrogen) atoms. The van der Waals surface area contributed by atoms with Crippen molar-refractivity contribution >= 4 is 23.5 Å². The zero-order valence-electron chi connectivity index (χ0n) is 27.7. The van der Waals surface area contributed by atoms with Gasteiger partial charge in [0.1, 0.15) is 5.78 Å². The second-order valence-electron chi connectivity index (χ2n) is 15.6. The highest BCUT2D eigenvalue weighted by Gasteiger charge is 2.70. The Labute approximate surface area is 265 Å². The van der Waals surface area contributed by atoms with Gasteiger partial charge in [0.05, 0.1) is 24.4 Å². The van der Waals surface area contributed by atoms with Crippen LogP contribution in [-0.4, -0.2) is 80.0 Å². The molecule has 2 fully saturated rings. The molecular weight excluding hydrogens is 578 g/mol. The number of fused-ring (bicyclic) bond motifs is 4. The van der Waals surface area contributed by atoms with E-state index in [4.69, 9.17) is 11.5 Å². The number of Topliss-reactive ketones (excluding diaryl/α,β-unsaturated/α-hetero) is 2. The molecule has 0 aromatic heterocycles. The molecular formula is C34H53N3O8. The molecule has 11 atom stereocenters. The molecule has 0 heterocycles. The van der Waals surface area contributed by atoms with Crippen LogP contribution in [0.5, 0.6) is 0 Å². The van der Waals surface area contributed by atoms with Crippen LogP contribution in [0.2, 0.25) is 0 Å². The van der Waals surface area contributed by atoms with E-state index in [0.717, 1.165) is 0 Å². The van der Waals surface area contributed by atoms with Crippen LogP contribution in [0.25, 0.3) is 0 Å². The Morgan fingerprint density at radius 1 is 1.07 bits per heavy atom. The fraction of sp³-hybridized carbons (Fsp3) is 0.765. The molecule has 4 rings (SSSR count). The summed E-state index contributed by atoms with van der Waals surface area (Å²) >= 11 is 0. The molecule has 0 radical (unpaired) electrons. The Morgan fingerprint density at radius 2 is 1.69 bits per heavy atom. The smallest absolute Gasteiger partial charge is 0.331 e. The van der Waals surface area contributed by atoms with Gasteiger partial charge in [-0.3, -0.25) is 14.6 Å². The van der Waals surface area contributed by atoms with Gasteiger partial charge in [-0.2, -0.15) is 0 Å². The van der Waals surface area contributed by atoms with Gasteiger partial charge in [0.15, 0.2) is 11.7 Å². The number of carbonyl (C=O) groups is 3. The second kappa shape index (κ2) is 11.9. The Morgan fingerprint density at radius 3 is 2.24 bits per heavy atom. The van der Waals surface area contributed by atoms with Crippen molar-refractivity contribution in [1.82, 2.24) is 0 Å². The standard InChI is InChI=1S/C34H53N3O8/c1-16(38)10-18(29(44)45)11-21(39)19(15-37-30(35)36)17(2)20-12-26(43)34(7)28-22(40)13-24-31(3,4)25(42)8-9-32(24,5)27(28)23(41)14-33(20,34)6/h11,16-17,19-22,24,26,38-40,43H,8-10,12-15H2,1-7H3,(H,44,45)(H4,35,36,37). The van der Waals surface area contributed by atoms with Crippen LogP contribution in [0, 0.1) is 45.3 Å². The molecule has 0 amide bonds. The van der Waals surface area contributed by atoms with E-state index < -0.39 is 63.9 Å². The summed E-state index contributed by atoms with van der Waals surface area (Å²) in [5.41, 5.74) is 9.17. The van der Waals surface area contributed by atoms with E-state index in [1.54, 1.807) is 0 Å². The van der Waals surface area contributed by atoms with E-state index >= 15 is 0 Å². The first-order chi connectivity index (χ1) is 20.6. The van der Waals surface area contributed by atoms with Crippen LogP contribution in [0.15, 0.2) is 27.8 Å². The van der Waals surface area contributed by atoms with Crippen LogP contribution in [0.3, 0.4) is 0 Å². The Balaban J connectivity index is 1.81. The van der Waals surface area contributed by atoms with Gasteiger partial charge in [0, 0.05) is 59.1 Å². The quantitative estimate of drug-likeness (QED) is 0.112. The van der Waals surface area contributed by atoms with Gasteiger partial charge in [-0.05, 0) is 61.0 Å². The van der Waals surface area contributed by atoms with Crippen molar-refractivity contribution in [3.05, 3.63) is 22.8 Å². The van der Waals surface area contributed by atoms with Gasteiger partial charge in [-0.1, -0.05) is 41.5 Å². The van der Waals surface area contributed by atoms with Crippen LogP contribution < -0.4 is 11.5 Å². The molecule has 0 aromatic rings. The van der Waals surface area contributed by atoms with Gasteiger partial charge in [0.2, 0.25) is 0 Å². The average Bonchev–Trinajstić information content (AvgIpc) is 3.12. The van der Waals surface area contributed by atoms with E-state index in [1.807, 2.05) is 41.5 Å². The molecule has 9 N–H and O–H groups in total. The van der Waals surface area contributed by atoms with E-state index in [2.05, 4.69) is 4.99 Å². The number of carboxylic acid groups (broad SMARTS) is 1. The molecule has 252 valence electrons. The first-order valence-corrected chi connectivity index (χ1v) is 16.2. The van der Waals surface area contributed by atoms with E-state index in [0.29, 0.717) is 30.4 Å². The van der Waals surface area contributed by atoms with Crippen molar-refractivity contribution in [3.8, 4) is 0 Å². The number of aliphatic carboxylic acids is 1. The number of rotatable bonds is 9. The largest absolute Gasteiger partial charge is 0.478 e. The molecule has 4 aliphatic carbocycles. The molecule has 0 aromatic carbocycles. The van der Waals surface area contributed by atoms with Crippen molar-refractivity contribution in [2.75, 3.05) is 6.54 Å². The van der Waals surface area contributed by atoms with Crippen molar-refractivity contribution in [2.24, 2.45) is 61.8 Å². The van der Waals surface area contributed by atoms with Crippen LogP contribution in [-0.2, 0) is 14.4 Å². The summed E-state index contributed by atoms with van der Waals surface area (Å²) in [5.74, 6) is -3.08. The summed E-state index contributed by atoms with van der Waals surface area (Å²) in [4.78, 5) is 43.5. The maximum atomic E-state index is 14.4. The first kappa shape index (κ1) is 35.3. The predicted molar refractivity (Wildman–Crippen MR) is 169 cm³/mol. The number of carbonyl (C=O) groups excluding carboxylic acids is 2. The van der Waals surface area contributed by atoms with Crippen molar-refractivity contribution in [3.63, 3.8) is 0 Å². The summed E-state index contributed by atoms with van der Waals surface area (Å²) < 4.78 is 0. The number of carboxylic acids is 1. The number of allylic oxidation sites excluding steroid dienone is 1. The highest BCUT2D eigenvalue weighted by Crippen LogP contribution is 2.71. The maximum Gasteiger partial charge on any atom is 0.331 e. The minimum absolute atomic E-state index is 0.0322. The Hall–Kier alpha value is -2.60. The van der Waals surface area contributed by atoms with E-state index in [9.17, 15) is 39.9 Å². The van der Waals surface area contributed by atoms with E-state index in [1.165, 1.54) is 13.0 Å². The molecule has 11 nitrogen and oxygen atoms in total. The fourth-order valence-corrected chi connectivity index (χ4v) is 10.1. The lowest BCUT2D eigenvalue weighted by atomic mass is 9.42. The van der Waals surface area contributed by atoms with Gasteiger partial charge in [-0.15, -0.1) is 0 Å². The summed E-state index contributed by atoms with van der Waals surface area (Å²) in [6.45, 7) is 13.1. The minimum atomic E-state index is -1.31. The third kappa shape index (κ3) is 5.47. The van der Waals surface area contributed by atoms with E-state index in [-0.39, 0.29) is 60.7 Å². The lowest BCUT2D eigenvalue weighted by Gasteiger charge is -2.61. The molecule has 4 aliphatic rings. The first-order valence-electron chi connectivity index (χ1n) is 16.2. The highest BCUT2D eigenvalue weighted by atomic mass is 16.4. The monoisotopic (exact) mass is 631 g/mol. The molecule has 0 aliphatic heterocycles. The number of nitrogens with zero attached hydrogens (tertiary/aromatic N) is 1. The molecule has 11 heteroatoms. The summed E-state index contributed by atoms with van der Waals surface area (Å²) in [6, 6.07) is 0. The van der Waals surface area contributed by atoms with Crippen molar-refractivity contribution in [2.45, 2.75) is 111 Å².